The molecule has 0 bridgehead atoms. The Labute approximate surface area is 168 Å². The molecule has 3 aromatic rings. The first-order valence-corrected chi connectivity index (χ1v) is 9.12. The fraction of sp³-hybridized carbons (Fsp3) is 0.0909. The zero-order chi connectivity index (χ0) is 20.4. The van der Waals surface area contributed by atoms with E-state index in [1.54, 1.807) is 24.6 Å². The van der Waals surface area contributed by atoms with Gasteiger partial charge in [-0.05, 0) is 37.6 Å². The zero-order valence-corrected chi connectivity index (χ0v) is 16.0. The molecule has 7 nitrogen and oxygen atoms in total. The van der Waals surface area contributed by atoms with Gasteiger partial charge in [-0.1, -0.05) is 48.5 Å². The molecule has 0 aliphatic carbocycles. The first kappa shape index (κ1) is 18.4. The molecular formula is C22H19N5O2. The number of aryl methyl sites for hydroxylation is 1. The van der Waals surface area contributed by atoms with Crippen LogP contribution < -0.4 is 5.43 Å². The third-order valence-corrected chi connectivity index (χ3v) is 4.57. The van der Waals surface area contributed by atoms with Gasteiger partial charge in [-0.3, -0.25) is 15.0 Å². The van der Waals surface area contributed by atoms with Crippen LogP contribution in [-0.2, 0) is 4.79 Å². The van der Waals surface area contributed by atoms with E-state index in [4.69, 9.17) is 0 Å². The van der Waals surface area contributed by atoms with E-state index in [2.05, 4.69) is 15.5 Å². The molecule has 1 N–H and O–H groups in total. The molecule has 2 aromatic carbocycles. The van der Waals surface area contributed by atoms with Crippen molar-refractivity contribution in [2.24, 2.45) is 4.99 Å². The van der Waals surface area contributed by atoms with Crippen LogP contribution in [0.15, 0.2) is 71.4 Å². The third-order valence-electron chi connectivity index (χ3n) is 4.57. The number of benzene rings is 2. The van der Waals surface area contributed by atoms with Crippen molar-refractivity contribution in [3.05, 3.63) is 83.2 Å². The Balaban J connectivity index is 1.70. The van der Waals surface area contributed by atoms with Gasteiger partial charge in [-0.25, -0.2) is 14.7 Å². The zero-order valence-electron chi connectivity index (χ0n) is 16.0. The van der Waals surface area contributed by atoms with Crippen LogP contribution in [0.3, 0.4) is 0 Å². The van der Waals surface area contributed by atoms with Gasteiger partial charge in [0.15, 0.2) is 12.1 Å². The van der Waals surface area contributed by atoms with Crippen molar-refractivity contribution in [2.45, 2.75) is 13.8 Å². The van der Waals surface area contributed by atoms with Gasteiger partial charge in [0.05, 0.1) is 16.9 Å². The van der Waals surface area contributed by atoms with Crippen LogP contribution in [0, 0.1) is 6.92 Å². The van der Waals surface area contributed by atoms with Crippen molar-refractivity contribution in [1.29, 1.82) is 0 Å². The van der Waals surface area contributed by atoms with Gasteiger partial charge < -0.3 is 0 Å². The lowest BCUT2D eigenvalue weighted by atomic mass is 10.2. The number of aliphatic imine (C=N–C) groups is 1. The van der Waals surface area contributed by atoms with Gasteiger partial charge >= 0.3 is 0 Å². The van der Waals surface area contributed by atoms with Crippen molar-refractivity contribution >= 4 is 29.9 Å². The summed E-state index contributed by atoms with van der Waals surface area (Å²) < 4.78 is 1.61. The molecule has 1 aliphatic heterocycles. The summed E-state index contributed by atoms with van der Waals surface area (Å²) in [5.74, 6) is 0.585. The number of amidine groups is 1. The maximum Gasteiger partial charge on any atom is 0.296 e. The number of hydrogen-bond donors (Lipinski definition) is 1. The Kier molecular flexibility index (Phi) is 4.78. The van der Waals surface area contributed by atoms with Crippen LogP contribution in [0.4, 0.5) is 5.82 Å². The highest BCUT2D eigenvalue weighted by Crippen LogP contribution is 2.25. The number of carbonyl (C=O) groups is 2. The number of nitrogens with zero attached hydrogens (tertiary/aromatic N) is 4. The molecule has 0 atom stereocenters. The van der Waals surface area contributed by atoms with E-state index in [9.17, 15) is 9.59 Å². The minimum absolute atomic E-state index is 0.304. The van der Waals surface area contributed by atoms with E-state index < -0.39 is 0 Å². The predicted molar refractivity (Wildman–Crippen MR) is 112 cm³/mol. The second-order valence-electron chi connectivity index (χ2n) is 6.56. The fourth-order valence-electron chi connectivity index (χ4n) is 3.12. The topological polar surface area (TPSA) is 79.6 Å². The number of carbonyl (C=O) groups excluding carboxylic acids is 2. The van der Waals surface area contributed by atoms with Crippen LogP contribution >= 0.6 is 0 Å². The number of nitrogens with one attached hydrogen (secondary N) is 1. The van der Waals surface area contributed by atoms with E-state index in [0.29, 0.717) is 28.6 Å². The average Bonchev–Trinajstić information content (AvgIpc) is 3.20. The minimum atomic E-state index is -0.304. The number of aromatic nitrogens is 2. The largest absolute Gasteiger partial charge is 0.298 e. The molecule has 0 unspecified atom stereocenters. The molecule has 144 valence electrons. The monoisotopic (exact) mass is 385 g/mol. The molecule has 1 aromatic heterocycles. The highest BCUT2D eigenvalue weighted by atomic mass is 16.2. The highest BCUT2D eigenvalue weighted by molar-refractivity contribution is 6.14. The quantitative estimate of drug-likeness (QED) is 0.537. The van der Waals surface area contributed by atoms with Crippen molar-refractivity contribution in [3.8, 4) is 5.69 Å². The average molecular weight is 385 g/mol. The SMILES string of the molecule is CC1=N/C(=C\c2ccccc2)C(=O)N1Nc1c(C=O)c(C)nn1-c1ccccc1. The van der Waals surface area contributed by atoms with Crippen molar-refractivity contribution in [3.63, 3.8) is 0 Å². The van der Waals surface area contributed by atoms with Crippen LogP contribution in [0.1, 0.15) is 28.5 Å². The normalized spacial score (nSPS) is 15.0. The number of amides is 1. The summed E-state index contributed by atoms with van der Waals surface area (Å²) in [4.78, 5) is 29.0. The Bertz CT molecular complexity index is 1130. The highest BCUT2D eigenvalue weighted by Gasteiger charge is 2.30. The Morgan fingerprint density at radius 3 is 2.28 bits per heavy atom. The second kappa shape index (κ2) is 7.55. The summed E-state index contributed by atoms with van der Waals surface area (Å²) in [6.45, 7) is 3.48. The second-order valence-corrected chi connectivity index (χ2v) is 6.56. The lowest BCUT2D eigenvalue weighted by Crippen LogP contribution is -2.37. The number of aldehydes is 1. The smallest absolute Gasteiger partial charge is 0.296 e. The van der Waals surface area contributed by atoms with Crippen molar-refractivity contribution in [2.75, 3.05) is 5.43 Å². The summed E-state index contributed by atoms with van der Waals surface area (Å²) in [6.07, 6.45) is 2.46. The predicted octanol–water partition coefficient (Wildman–Crippen LogP) is 3.62. The lowest BCUT2D eigenvalue weighted by molar-refractivity contribution is -0.121. The van der Waals surface area contributed by atoms with Crippen LogP contribution in [0.2, 0.25) is 0 Å². The molecule has 1 aliphatic rings. The van der Waals surface area contributed by atoms with E-state index in [1.807, 2.05) is 60.7 Å². The summed E-state index contributed by atoms with van der Waals surface area (Å²) in [6, 6.07) is 18.9. The van der Waals surface area contributed by atoms with E-state index >= 15 is 0 Å². The van der Waals surface area contributed by atoms with Crippen LogP contribution in [0.25, 0.3) is 11.8 Å². The van der Waals surface area contributed by atoms with Gasteiger partial charge in [-0.2, -0.15) is 5.10 Å². The number of rotatable bonds is 5. The molecule has 0 radical (unpaired) electrons. The van der Waals surface area contributed by atoms with E-state index in [1.165, 1.54) is 5.01 Å². The summed E-state index contributed by atoms with van der Waals surface area (Å²) in [5.41, 5.74) is 5.96. The Hall–Kier alpha value is -4.00. The molecule has 2 heterocycles. The molecule has 1 amide bonds. The van der Waals surface area contributed by atoms with Gasteiger partial charge in [0.1, 0.15) is 11.5 Å². The summed E-state index contributed by atoms with van der Waals surface area (Å²) in [7, 11) is 0. The summed E-state index contributed by atoms with van der Waals surface area (Å²) in [5, 5.41) is 5.79. The van der Waals surface area contributed by atoms with Gasteiger partial charge in [-0.15, -0.1) is 0 Å². The number of hydrazine groups is 1. The molecule has 0 fully saturated rings. The molecule has 0 spiro atoms. The fourth-order valence-corrected chi connectivity index (χ4v) is 3.12. The van der Waals surface area contributed by atoms with Crippen LogP contribution in [-0.4, -0.2) is 32.8 Å². The Morgan fingerprint density at radius 2 is 1.62 bits per heavy atom. The molecule has 0 saturated carbocycles. The molecule has 7 heteroatoms. The third kappa shape index (κ3) is 3.45. The molecule has 4 rings (SSSR count). The minimum Gasteiger partial charge on any atom is -0.298 e. The van der Waals surface area contributed by atoms with Gasteiger partial charge in [0.25, 0.3) is 5.91 Å². The maximum atomic E-state index is 12.9. The van der Waals surface area contributed by atoms with Gasteiger partial charge in [0.2, 0.25) is 0 Å². The molecule has 29 heavy (non-hydrogen) atoms. The number of hydrogen-bond acceptors (Lipinski definition) is 5. The number of para-hydroxylation sites is 1. The van der Waals surface area contributed by atoms with Crippen molar-refractivity contribution in [1.82, 2.24) is 14.8 Å². The first-order chi connectivity index (χ1) is 14.1. The van der Waals surface area contributed by atoms with Crippen LogP contribution in [0.5, 0.6) is 0 Å². The number of anilines is 1. The summed E-state index contributed by atoms with van der Waals surface area (Å²) >= 11 is 0. The standard InChI is InChI=1S/C22H19N5O2/c1-15-19(14-28)21(27(24-15)18-11-7-4-8-12-18)25-26-16(2)23-20(22(26)29)13-17-9-5-3-6-10-17/h3-14,25H,1-2H3/b20-13-. The van der Waals surface area contributed by atoms with E-state index in [-0.39, 0.29) is 5.91 Å². The van der Waals surface area contributed by atoms with Gasteiger partial charge in [0, 0.05) is 0 Å². The van der Waals surface area contributed by atoms with E-state index in [0.717, 1.165) is 17.5 Å². The lowest BCUT2D eigenvalue weighted by Gasteiger charge is -2.19. The Morgan fingerprint density at radius 1 is 0.966 bits per heavy atom. The molecule has 0 saturated heterocycles. The van der Waals surface area contributed by atoms with Crippen molar-refractivity contribution < 1.29 is 9.59 Å². The first-order valence-electron chi connectivity index (χ1n) is 9.12. The molecular weight excluding hydrogens is 366 g/mol. The maximum absolute atomic E-state index is 12.9.